The number of carbonyl (C=O) groups excluding carboxylic acids is 1. The fourth-order valence-corrected chi connectivity index (χ4v) is 1.59. The molecule has 0 spiro atoms. The molecule has 0 aliphatic carbocycles. The van der Waals surface area contributed by atoms with Gasteiger partial charge in [-0.1, -0.05) is 25.6 Å². The molecule has 96 valence electrons. The van der Waals surface area contributed by atoms with Gasteiger partial charge in [0.2, 0.25) is 0 Å². The molecule has 0 aliphatic heterocycles. The first-order valence-corrected chi connectivity index (χ1v) is 6.43. The van der Waals surface area contributed by atoms with Gasteiger partial charge in [-0.15, -0.1) is 0 Å². The molecule has 0 bridgehead atoms. The van der Waals surface area contributed by atoms with Crippen LogP contribution in [0.3, 0.4) is 0 Å². The summed E-state index contributed by atoms with van der Waals surface area (Å²) in [4.78, 5) is 22.3. The van der Waals surface area contributed by atoms with Crippen LogP contribution in [0.15, 0.2) is 34.4 Å². The maximum atomic E-state index is 11.3. The maximum absolute atomic E-state index is 11.3. The Morgan fingerprint density at radius 1 is 1.39 bits per heavy atom. The van der Waals surface area contributed by atoms with Crippen LogP contribution in [0.25, 0.3) is 0 Å². The lowest BCUT2D eigenvalue weighted by Gasteiger charge is -2.10. The molecule has 1 aromatic rings. The zero-order valence-electron chi connectivity index (χ0n) is 9.85. The third-order valence-corrected chi connectivity index (χ3v) is 2.86. The van der Waals surface area contributed by atoms with E-state index in [2.05, 4.69) is 6.58 Å². The first-order chi connectivity index (χ1) is 8.45. The molecule has 1 rings (SSSR count). The monoisotopic (exact) mass is 360 g/mol. The van der Waals surface area contributed by atoms with E-state index in [-0.39, 0.29) is 3.58 Å². The first kappa shape index (κ1) is 14.7. The highest BCUT2D eigenvalue weighted by Crippen LogP contribution is 2.23. The van der Waals surface area contributed by atoms with Crippen LogP contribution >= 0.6 is 22.6 Å². The molecular weight excluding hydrogens is 347 g/mol. The Morgan fingerprint density at radius 3 is 2.33 bits per heavy atom. The molecule has 4 nitrogen and oxygen atoms in total. The quantitative estimate of drug-likeness (QED) is 0.379. The van der Waals surface area contributed by atoms with Gasteiger partial charge in [0.15, 0.2) is 0 Å². The van der Waals surface area contributed by atoms with Crippen molar-refractivity contribution >= 4 is 34.5 Å². The summed E-state index contributed by atoms with van der Waals surface area (Å²) in [5, 5.41) is 9.02. The normalized spacial score (nSPS) is 11.7. The number of benzene rings is 1. The lowest BCUT2D eigenvalue weighted by atomic mass is 9.97. The third kappa shape index (κ3) is 3.83. The van der Waals surface area contributed by atoms with Gasteiger partial charge in [0.25, 0.3) is 0 Å². The van der Waals surface area contributed by atoms with Crippen LogP contribution in [0.1, 0.15) is 24.8 Å². The van der Waals surface area contributed by atoms with Gasteiger partial charge in [-0.3, -0.25) is 4.79 Å². The van der Waals surface area contributed by atoms with Crippen LogP contribution < -0.4 is 4.74 Å². The van der Waals surface area contributed by atoms with Crippen LogP contribution in [-0.2, 0) is 9.59 Å². The molecule has 0 saturated carbocycles. The van der Waals surface area contributed by atoms with Gasteiger partial charge in [-0.25, -0.2) is 4.79 Å². The van der Waals surface area contributed by atoms with Crippen molar-refractivity contribution in [3.05, 3.63) is 40.0 Å². The standard InChI is InChI=1S/C13H13IO4/c1-3-11(12(15)16)9-4-6-10(7-5-9)18-13(17)8(2)14/h4-7,11H,2-3H2,1H3,(H,15,16). The number of hydrogen-bond acceptors (Lipinski definition) is 3. The van der Waals surface area contributed by atoms with Crippen molar-refractivity contribution in [3.63, 3.8) is 0 Å². The summed E-state index contributed by atoms with van der Waals surface area (Å²) in [6, 6.07) is 6.47. The number of carbonyl (C=O) groups is 2. The number of carboxylic acid groups (broad SMARTS) is 1. The Balaban J connectivity index is 2.82. The van der Waals surface area contributed by atoms with Gasteiger partial charge < -0.3 is 9.84 Å². The van der Waals surface area contributed by atoms with Crippen molar-refractivity contribution in [2.75, 3.05) is 0 Å². The van der Waals surface area contributed by atoms with Crippen molar-refractivity contribution in [2.45, 2.75) is 19.3 Å². The SMILES string of the molecule is C=C(I)C(=O)Oc1ccc(C(CC)C(=O)O)cc1. The highest BCUT2D eigenvalue weighted by Gasteiger charge is 2.17. The summed E-state index contributed by atoms with van der Waals surface area (Å²) in [5.41, 5.74) is 0.693. The van der Waals surface area contributed by atoms with Crippen LogP contribution in [0, 0.1) is 0 Å². The predicted molar refractivity (Wildman–Crippen MR) is 75.9 cm³/mol. The van der Waals surface area contributed by atoms with Crippen molar-refractivity contribution in [3.8, 4) is 5.75 Å². The van der Waals surface area contributed by atoms with Crippen molar-refractivity contribution in [1.82, 2.24) is 0 Å². The van der Waals surface area contributed by atoms with E-state index in [1.165, 1.54) is 0 Å². The Kier molecular flexibility index (Phi) is 5.33. The minimum absolute atomic E-state index is 0.286. The highest BCUT2D eigenvalue weighted by molar-refractivity contribution is 14.1. The lowest BCUT2D eigenvalue weighted by Crippen LogP contribution is -2.11. The summed E-state index contributed by atoms with van der Waals surface area (Å²) in [7, 11) is 0. The number of halogens is 1. The molecule has 1 unspecified atom stereocenters. The zero-order chi connectivity index (χ0) is 13.7. The number of carboxylic acids is 1. The number of ether oxygens (including phenoxy) is 1. The van der Waals surface area contributed by atoms with Crippen LogP contribution in [0.2, 0.25) is 0 Å². The van der Waals surface area contributed by atoms with Gasteiger partial charge in [0.05, 0.1) is 9.50 Å². The van der Waals surface area contributed by atoms with E-state index in [9.17, 15) is 9.59 Å². The number of esters is 1. The minimum Gasteiger partial charge on any atom is -0.481 e. The molecule has 0 aromatic heterocycles. The number of hydrogen-bond donors (Lipinski definition) is 1. The van der Waals surface area contributed by atoms with E-state index in [1.807, 2.05) is 6.92 Å². The lowest BCUT2D eigenvalue weighted by molar-refractivity contribution is -0.139. The summed E-state index contributed by atoms with van der Waals surface area (Å²) in [5.74, 6) is -1.52. The molecule has 0 heterocycles. The van der Waals surface area contributed by atoms with E-state index >= 15 is 0 Å². The molecule has 1 aromatic carbocycles. The molecule has 0 aliphatic rings. The van der Waals surface area contributed by atoms with Crippen LogP contribution in [0.4, 0.5) is 0 Å². The Bertz CT molecular complexity index is 464. The van der Waals surface area contributed by atoms with Crippen LogP contribution in [-0.4, -0.2) is 17.0 Å². The maximum Gasteiger partial charge on any atom is 0.349 e. The van der Waals surface area contributed by atoms with E-state index in [0.29, 0.717) is 17.7 Å². The Labute approximate surface area is 119 Å². The predicted octanol–water partition coefficient (Wildman–Crippen LogP) is 3.12. The second-order valence-corrected chi connectivity index (χ2v) is 4.96. The Morgan fingerprint density at radius 2 is 1.94 bits per heavy atom. The van der Waals surface area contributed by atoms with E-state index in [0.717, 1.165) is 0 Å². The van der Waals surface area contributed by atoms with Gasteiger partial charge in [0.1, 0.15) is 5.75 Å². The van der Waals surface area contributed by atoms with Crippen molar-refractivity contribution in [2.24, 2.45) is 0 Å². The average Bonchev–Trinajstić information content (AvgIpc) is 2.31. The van der Waals surface area contributed by atoms with E-state index in [1.54, 1.807) is 46.9 Å². The van der Waals surface area contributed by atoms with Crippen molar-refractivity contribution in [1.29, 1.82) is 0 Å². The zero-order valence-corrected chi connectivity index (χ0v) is 12.0. The smallest absolute Gasteiger partial charge is 0.349 e. The van der Waals surface area contributed by atoms with Crippen LogP contribution in [0.5, 0.6) is 5.75 Å². The summed E-state index contributed by atoms with van der Waals surface area (Å²) in [6.45, 7) is 5.28. The average molecular weight is 360 g/mol. The molecule has 5 heteroatoms. The van der Waals surface area contributed by atoms with E-state index in [4.69, 9.17) is 9.84 Å². The second-order valence-electron chi connectivity index (χ2n) is 3.66. The fourth-order valence-electron chi connectivity index (χ4n) is 1.48. The van der Waals surface area contributed by atoms with Gasteiger partial charge in [-0.05, 0) is 46.7 Å². The summed E-state index contributed by atoms with van der Waals surface area (Å²) in [6.07, 6.45) is 0.513. The van der Waals surface area contributed by atoms with Crippen molar-refractivity contribution < 1.29 is 19.4 Å². The Hall–Kier alpha value is -1.37. The second kappa shape index (κ2) is 6.53. The molecule has 0 fully saturated rings. The number of rotatable bonds is 5. The highest BCUT2D eigenvalue weighted by atomic mass is 127. The number of aliphatic carboxylic acids is 1. The first-order valence-electron chi connectivity index (χ1n) is 5.35. The topological polar surface area (TPSA) is 63.6 Å². The molecule has 0 saturated heterocycles. The molecule has 1 atom stereocenters. The molecule has 18 heavy (non-hydrogen) atoms. The third-order valence-electron chi connectivity index (χ3n) is 2.42. The van der Waals surface area contributed by atoms with Gasteiger partial charge >= 0.3 is 11.9 Å². The largest absolute Gasteiger partial charge is 0.481 e. The molecular formula is C13H13IO4. The minimum atomic E-state index is -0.858. The van der Waals surface area contributed by atoms with Gasteiger partial charge in [-0.2, -0.15) is 0 Å². The molecule has 0 amide bonds. The van der Waals surface area contributed by atoms with E-state index < -0.39 is 17.9 Å². The summed E-state index contributed by atoms with van der Waals surface area (Å²) >= 11 is 1.78. The van der Waals surface area contributed by atoms with Gasteiger partial charge in [0, 0.05) is 0 Å². The molecule has 0 radical (unpaired) electrons. The summed E-state index contributed by atoms with van der Waals surface area (Å²) < 4.78 is 5.30. The molecule has 1 N–H and O–H groups in total. The fraction of sp³-hybridized carbons (Fsp3) is 0.231.